The van der Waals surface area contributed by atoms with Gasteiger partial charge in [0.05, 0.1) is 17.5 Å². The molecule has 3 atom stereocenters. The molecule has 38 heavy (non-hydrogen) atoms. The van der Waals surface area contributed by atoms with Crippen LogP contribution in [0.4, 0.5) is 10.1 Å². The van der Waals surface area contributed by atoms with E-state index in [1.807, 2.05) is 31.2 Å². The number of carbonyl (C=O) groups excluding carboxylic acids is 2. The molecule has 1 aliphatic heterocycles. The predicted molar refractivity (Wildman–Crippen MR) is 149 cm³/mol. The SMILES string of the molecule is Cc1ccc(NC(=O)[C@H]2CCCN(C(=O)c3c(C)cccc3F)[C@H]2C2C=CC(NC3CCCC3)=CC2)cc1. The molecular weight excluding hydrogens is 477 g/mol. The van der Waals surface area contributed by atoms with E-state index in [1.165, 1.54) is 31.7 Å². The first-order chi connectivity index (χ1) is 18.4. The summed E-state index contributed by atoms with van der Waals surface area (Å²) in [5, 5.41) is 6.74. The largest absolute Gasteiger partial charge is 0.383 e. The van der Waals surface area contributed by atoms with Gasteiger partial charge in [0, 0.05) is 29.9 Å². The Morgan fingerprint density at radius 2 is 1.74 bits per heavy atom. The number of benzene rings is 2. The summed E-state index contributed by atoms with van der Waals surface area (Å²) in [6.07, 6.45) is 13.5. The van der Waals surface area contributed by atoms with Gasteiger partial charge < -0.3 is 15.5 Å². The molecule has 0 spiro atoms. The number of piperidine rings is 1. The Bertz CT molecular complexity index is 1210. The number of nitrogens with one attached hydrogen (secondary N) is 2. The maximum absolute atomic E-state index is 14.9. The van der Waals surface area contributed by atoms with Crippen molar-refractivity contribution in [3.8, 4) is 0 Å². The Kier molecular flexibility index (Phi) is 7.96. The second-order valence-electron chi connectivity index (χ2n) is 11.1. The van der Waals surface area contributed by atoms with Gasteiger partial charge in [0.15, 0.2) is 0 Å². The molecule has 1 saturated heterocycles. The molecule has 1 unspecified atom stereocenters. The van der Waals surface area contributed by atoms with Crippen molar-refractivity contribution in [3.63, 3.8) is 0 Å². The van der Waals surface area contributed by atoms with Crippen molar-refractivity contribution in [2.45, 2.75) is 70.9 Å². The summed E-state index contributed by atoms with van der Waals surface area (Å²) in [7, 11) is 0. The molecular formula is C32H38FN3O2. The van der Waals surface area contributed by atoms with E-state index in [4.69, 9.17) is 0 Å². The molecule has 2 aromatic carbocycles. The van der Waals surface area contributed by atoms with Crippen molar-refractivity contribution in [3.05, 3.63) is 88.9 Å². The number of hydrogen-bond acceptors (Lipinski definition) is 3. The van der Waals surface area contributed by atoms with E-state index < -0.39 is 11.7 Å². The summed E-state index contributed by atoms with van der Waals surface area (Å²) in [6.45, 7) is 4.28. The van der Waals surface area contributed by atoms with Gasteiger partial charge in [-0.2, -0.15) is 0 Å². The highest BCUT2D eigenvalue weighted by atomic mass is 19.1. The standard InChI is InChI=1S/C32H38FN3O2/c1-21-12-16-26(17-13-21)35-31(37)27-10-6-20-36(32(38)29-22(2)7-5-11-28(29)33)30(27)23-14-18-25(19-15-23)34-24-8-3-4-9-24/h5,7,11-14,16-19,23-24,27,30,34H,3-4,6,8-10,15,20H2,1-2H3,(H,35,37)/t23?,27-,30-/m0/s1. The third-order valence-corrected chi connectivity index (χ3v) is 8.34. The van der Waals surface area contributed by atoms with Crippen molar-refractivity contribution in [1.82, 2.24) is 10.2 Å². The molecule has 0 bridgehead atoms. The van der Waals surface area contributed by atoms with E-state index in [2.05, 4.69) is 28.9 Å². The van der Waals surface area contributed by atoms with E-state index in [0.29, 0.717) is 31.0 Å². The zero-order valence-electron chi connectivity index (χ0n) is 22.4. The molecule has 3 aliphatic rings. The van der Waals surface area contributed by atoms with Gasteiger partial charge in [-0.05, 0) is 75.8 Å². The molecule has 1 saturated carbocycles. The minimum Gasteiger partial charge on any atom is -0.383 e. The van der Waals surface area contributed by atoms with Crippen LogP contribution in [0.3, 0.4) is 0 Å². The number of hydrogen-bond donors (Lipinski definition) is 2. The van der Waals surface area contributed by atoms with Gasteiger partial charge in [-0.1, -0.05) is 54.8 Å². The van der Waals surface area contributed by atoms with E-state index in [-0.39, 0.29) is 29.3 Å². The van der Waals surface area contributed by atoms with E-state index in [1.54, 1.807) is 24.0 Å². The Balaban J connectivity index is 1.42. The summed E-state index contributed by atoms with van der Waals surface area (Å²) in [5.74, 6) is -1.36. The maximum Gasteiger partial charge on any atom is 0.257 e. The van der Waals surface area contributed by atoms with Crippen molar-refractivity contribution < 1.29 is 14.0 Å². The van der Waals surface area contributed by atoms with Crippen molar-refractivity contribution in [1.29, 1.82) is 0 Å². The first-order valence-electron chi connectivity index (χ1n) is 14.0. The summed E-state index contributed by atoms with van der Waals surface area (Å²) in [4.78, 5) is 29.3. The molecule has 0 radical (unpaired) electrons. The van der Waals surface area contributed by atoms with E-state index in [9.17, 15) is 14.0 Å². The minimum atomic E-state index is -0.512. The Labute approximate surface area is 225 Å². The highest BCUT2D eigenvalue weighted by Gasteiger charge is 2.43. The van der Waals surface area contributed by atoms with E-state index >= 15 is 0 Å². The first kappa shape index (κ1) is 26.2. The van der Waals surface area contributed by atoms with Crippen LogP contribution in [-0.4, -0.2) is 35.3 Å². The van der Waals surface area contributed by atoms with Crippen LogP contribution in [0.15, 0.2) is 66.4 Å². The van der Waals surface area contributed by atoms with Gasteiger partial charge in [-0.25, -0.2) is 4.39 Å². The normalized spacial score (nSPS) is 23.7. The molecule has 2 amide bonds. The number of anilines is 1. The van der Waals surface area contributed by atoms with Crippen LogP contribution in [0.1, 0.15) is 66.4 Å². The third kappa shape index (κ3) is 5.69. The molecule has 2 aliphatic carbocycles. The Morgan fingerprint density at radius 3 is 2.42 bits per heavy atom. The van der Waals surface area contributed by atoms with Gasteiger partial charge >= 0.3 is 0 Å². The van der Waals surface area contributed by atoms with Crippen molar-refractivity contribution >= 4 is 17.5 Å². The molecule has 2 fully saturated rings. The highest BCUT2D eigenvalue weighted by Crippen LogP contribution is 2.36. The zero-order valence-corrected chi connectivity index (χ0v) is 22.4. The lowest BCUT2D eigenvalue weighted by Crippen LogP contribution is -2.55. The highest BCUT2D eigenvalue weighted by molar-refractivity contribution is 5.98. The molecule has 5 nitrogen and oxygen atoms in total. The first-order valence-corrected chi connectivity index (χ1v) is 14.0. The molecule has 0 aromatic heterocycles. The molecule has 200 valence electrons. The van der Waals surface area contributed by atoms with Gasteiger partial charge in [0.25, 0.3) is 5.91 Å². The van der Waals surface area contributed by atoms with Gasteiger partial charge in [-0.15, -0.1) is 0 Å². The Morgan fingerprint density at radius 1 is 0.974 bits per heavy atom. The van der Waals surface area contributed by atoms with Crippen LogP contribution in [0.25, 0.3) is 0 Å². The Hall–Kier alpha value is -3.41. The van der Waals surface area contributed by atoms with E-state index in [0.717, 1.165) is 23.4 Å². The topological polar surface area (TPSA) is 61.4 Å². The number of carbonyl (C=O) groups is 2. The van der Waals surface area contributed by atoms with Crippen molar-refractivity contribution in [2.75, 3.05) is 11.9 Å². The molecule has 5 rings (SSSR count). The number of halogens is 1. The number of amides is 2. The number of allylic oxidation sites excluding steroid dienone is 2. The lowest BCUT2D eigenvalue weighted by molar-refractivity contribution is -0.123. The second kappa shape index (κ2) is 11.5. The fraction of sp³-hybridized carbons (Fsp3) is 0.438. The monoisotopic (exact) mass is 515 g/mol. The third-order valence-electron chi connectivity index (χ3n) is 8.34. The summed E-state index contributed by atoms with van der Waals surface area (Å²) in [5.41, 5.74) is 3.71. The summed E-state index contributed by atoms with van der Waals surface area (Å²) in [6, 6.07) is 12.6. The minimum absolute atomic E-state index is 0.0331. The average Bonchev–Trinajstić information content (AvgIpc) is 3.43. The number of rotatable bonds is 6. The van der Waals surface area contributed by atoms with Crippen LogP contribution >= 0.6 is 0 Å². The summed E-state index contributed by atoms with van der Waals surface area (Å²) < 4.78 is 14.9. The number of aryl methyl sites for hydroxylation is 2. The maximum atomic E-state index is 14.9. The number of nitrogens with zero attached hydrogens (tertiary/aromatic N) is 1. The van der Waals surface area contributed by atoms with Gasteiger partial charge in [0.1, 0.15) is 5.82 Å². The molecule has 2 aromatic rings. The lowest BCUT2D eigenvalue weighted by atomic mass is 9.77. The lowest BCUT2D eigenvalue weighted by Gasteiger charge is -2.44. The van der Waals surface area contributed by atoms with Gasteiger partial charge in [-0.3, -0.25) is 9.59 Å². The predicted octanol–water partition coefficient (Wildman–Crippen LogP) is 6.29. The molecule has 6 heteroatoms. The zero-order chi connectivity index (χ0) is 26.6. The average molecular weight is 516 g/mol. The molecule has 1 heterocycles. The molecule has 2 N–H and O–H groups in total. The smallest absolute Gasteiger partial charge is 0.257 e. The van der Waals surface area contributed by atoms with Crippen LogP contribution in [0, 0.1) is 31.5 Å². The van der Waals surface area contributed by atoms with Crippen LogP contribution in [0.2, 0.25) is 0 Å². The fourth-order valence-corrected chi connectivity index (χ4v) is 6.29. The second-order valence-corrected chi connectivity index (χ2v) is 11.1. The van der Waals surface area contributed by atoms with Crippen LogP contribution in [0.5, 0.6) is 0 Å². The van der Waals surface area contributed by atoms with Crippen LogP contribution in [-0.2, 0) is 4.79 Å². The summed E-state index contributed by atoms with van der Waals surface area (Å²) >= 11 is 0. The number of likely N-dealkylation sites (tertiary alicyclic amines) is 1. The van der Waals surface area contributed by atoms with Crippen molar-refractivity contribution in [2.24, 2.45) is 11.8 Å². The van der Waals surface area contributed by atoms with Gasteiger partial charge in [0.2, 0.25) is 5.91 Å². The quantitative estimate of drug-likeness (QED) is 0.475. The van der Waals surface area contributed by atoms with Crippen LogP contribution < -0.4 is 10.6 Å². The fourth-order valence-electron chi connectivity index (χ4n) is 6.29.